The Hall–Kier alpha value is -1.53. The van der Waals surface area contributed by atoms with Crippen molar-refractivity contribution < 1.29 is 19.8 Å². The Morgan fingerprint density at radius 2 is 2.21 bits per heavy atom. The molecule has 1 heterocycles. The zero-order valence-corrected chi connectivity index (χ0v) is 11.4. The molecular formula is C12H17ClN2O4. The van der Waals surface area contributed by atoms with Crippen molar-refractivity contribution in [2.24, 2.45) is 0 Å². The van der Waals surface area contributed by atoms with Crippen LogP contribution in [0.2, 0.25) is 5.02 Å². The van der Waals surface area contributed by atoms with Crippen molar-refractivity contribution in [2.75, 3.05) is 6.54 Å². The second-order valence-corrected chi connectivity index (χ2v) is 4.57. The van der Waals surface area contributed by atoms with E-state index in [1.807, 2.05) is 6.92 Å². The van der Waals surface area contributed by atoms with Gasteiger partial charge in [-0.2, -0.15) is 0 Å². The number of rotatable bonds is 7. The van der Waals surface area contributed by atoms with Gasteiger partial charge in [-0.25, -0.2) is 4.79 Å². The highest BCUT2D eigenvalue weighted by Crippen LogP contribution is 2.14. The second-order valence-electron chi connectivity index (χ2n) is 4.14. The molecule has 0 saturated heterocycles. The number of carbonyl (C=O) groups is 2. The van der Waals surface area contributed by atoms with Gasteiger partial charge >= 0.3 is 5.97 Å². The summed E-state index contributed by atoms with van der Waals surface area (Å²) in [7, 11) is 0. The molecule has 0 aliphatic rings. The Labute approximate surface area is 116 Å². The minimum Gasteiger partial charge on any atom is -0.479 e. The third-order valence-electron chi connectivity index (χ3n) is 2.55. The average Bonchev–Trinajstić information content (AvgIpc) is 2.70. The van der Waals surface area contributed by atoms with Crippen LogP contribution in [-0.2, 0) is 11.3 Å². The van der Waals surface area contributed by atoms with Gasteiger partial charge in [0.25, 0.3) is 5.91 Å². The van der Waals surface area contributed by atoms with Gasteiger partial charge < -0.3 is 20.1 Å². The van der Waals surface area contributed by atoms with Crippen LogP contribution < -0.4 is 5.32 Å². The van der Waals surface area contributed by atoms with Gasteiger partial charge in [-0.3, -0.25) is 4.79 Å². The average molecular weight is 289 g/mol. The fourth-order valence-electron chi connectivity index (χ4n) is 1.63. The van der Waals surface area contributed by atoms with Crippen LogP contribution in [0.15, 0.2) is 12.3 Å². The zero-order chi connectivity index (χ0) is 14.4. The van der Waals surface area contributed by atoms with Gasteiger partial charge in [0.05, 0.1) is 5.02 Å². The number of carboxylic acid groups (broad SMARTS) is 1. The minimum atomic E-state index is -1.47. The molecule has 19 heavy (non-hydrogen) atoms. The van der Waals surface area contributed by atoms with Crippen molar-refractivity contribution in [3.05, 3.63) is 23.0 Å². The summed E-state index contributed by atoms with van der Waals surface area (Å²) in [5.41, 5.74) is 0.427. The molecule has 1 amide bonds. The second kappa shape index (κ2) is 7.16. The van der Waals surface area contributed by atoms with E-state index < -0.39 is 12.1 Å². The number of nitrogens with one attached hydrogen (secondary N) is 1. The van der Waals surface area contributed by atoms with Gasteiger partial charge in [0.1, 0.15) is 5.69 Å². The van der Waals surface area contributed by atoms with Crippen LogP contribution in [0.5, 0.6) is 0 Å². The lowest BCUT2D eigenvalue weighted by Crippen LogP contribution is -2.31. The molecule has 1 rings (SSSR count). The highest BCUT2D eigenvalue weighted by Gasteiger charge is 2.15. The number of hydrogen-bond donors (Lipinski definition) is 3. The summed E-state index contributed by atoms with van der Waals surface area (Å²) in [4.78, 5) is 22.3. The van der Waals surface area contributed by atoms with Crippen LogP contribution in [0.1, 0.15) is 30.3 Å². The zero-order valence-electron chi connectivity index (χ0n) is 10.6. The van der Waals surface area contributed by atoms with Gasteiger partial charge in [-0.1, -0.05) is 18.5 Å². The normalized spacial score (nSPS) is 12.2. The molecule has 0 fully saturated rings. The molecule has 106 valence electrons. The van der Waals surface area contributed by atoms with E-state index in [0.717, 1.165) is 6.42 Å². The summed E-state index contributed by atoms with van der Waals surface area (Å²) in [5, 5.41) is 20.6. The summed E-state index contributed by atoms with van der Waals surface area (Å²) in [6, 6.07) is 1.56. The van der Waals surface area contributed by atoms with Gasteiger partial charge in [0.15, 0.2) is 6.10 Å². The number of aliphatic carboxylic acids is 1. The smallest absolute Gasteiger partial charge is 0.332 e. The van der Waals surface area contributed by atoms with E-state index >= 15 is 0 Å². The molecule has 1 unspecified atom stereocenters. The first-order chi connectivity index (χ1) is 8.95. The third-order valence-corrected chi connectivity index (χ3v) is 2.76. The fraction of sp³-hybridized carbons (Fsp3) is 0.500. The Bertz CT molecular complexity index is 459. The summed E-state index contributed by atoms with van der Waals surface area (Å²) >= 11 is 5.85. The first kappa shape index (κ1) is 15.5. The molecule has 0 bridgehead atoms. The number of aromatic nitrogens is 1. The van der Waals surface area contributed by atoms with Crippen molar-refractivity contribution in [1.82, 2.24) is 9.88 Å². The van der Waals surface area contributed by atoms with Crippen LogP contribution in [0.3, 0.4) is 0 Å². The molecule has 0 saturated carbocycles. The van der Waals surface area contributed by atoms with E-state index in [-0.39, 0.29) is 18.9 Å². The van der Waals surface area contributed by atoms with Crippen molar-refractivity contribution in [1.29, 1.82) is 0 Å². The minimum absolute atomic E-state index is 0.0384. The van der Waals surface area contributed by atoms with E-state index in [9.17, 15) is 9.59 Å². The predicted octanol–water partition coefficient (Wildman–Crippen LogP) is 1.12. The monoisotopic (exact) mass is 288 g/mol. The SMILES string of the molecule is CCCn1cc(Cl)cc1C(=O)NCCC(O)C(=O)O. The number of aryl methyl sites for hydroxylation is 1. The quantitative estimate of drug-likeness (QED) is 0.701. The lowest BCUT2D eigenvalue weighted by atomic mass is 10.2. The number of aliphatic hydroxyl groups is 1. The van der Waals surface area contributed by atoms with Gasteiger partial charge in [-0.15, -0.1) is 0 Å². The first-order valence-electron chi connectivity index (χ1n) is 6.00. The van der Waals surface area contributed by atoms with E-state index in [4.69, 9.17) is 21.8 Å². The van der Waals surface area contributed by atoms with Crippen LogP contribution in [0.25, 0.3) is 0 Å². The number of hydrogen-bond acceptors (Lipinski definition) is 3. The molecule has 3 N–H and O–H groups in total. The number of aliphatic hydroxyl groups excluding tert-OH is 1. The molecule has 0 aromatic carbocycles. The maximum Gasteiger partial charge on any atom is 0.332 e. The fourth-order valence-corrected chi connectivity index (χ4v) is 1.85. The number of carboxylic acids is 1. The third kappa shape index (κ3) is 4.57. The molecule has 1 aromatic heterocycles. The standard InChI is InChI=1S/C12H17ClN2O4/c1-2-5-15-7-8(13)6-9(15)11(17)14-4-3-10(16)12(18)19/h6-7,10,16H,2-5H2,1H3,(H,14,17)(H,18,19). The summed E-state index contributed by atoms with van der Waals surface area (Å²) in [6.45, 7) is 2.74. The first-order valence-corrected chi connectivity index (χ1v) is 6.38. The molecule has 1 aromatic rings. The van der Waals surface area contributed by atoms with E-state index in [2.05, 4.69) is 5.32 Å². The number of halogens is 1. The van der Waals surface area contributed by atoms with Gasteiger partial charge in [0.2, 0.25) is 0 Å². The number of carbonyl (C=O) groups excluding carboxylic acids is 1. The van der Waals surface area contributed by atoms with Crippen LogP contribution >= 0.6 is 11.6 Å². The Morgan fingerprint density at radius 1 is 1.53 bits per heavy atom. The molecule has 7 heteroatoms. The maximum atomic E-state index is 11.9. The van der Waals surface area contributed by atoms with Crippen molar-refractivity contribution in [3.8, 4) is 0 Å². The summed E-state index contributed by atoms with van der Waals surface area (Å²) in [6.07, 6.45) is 1.03. The Balaban J connectivity index is 2.56. The van der Waals surface area contributed by atoms with Crippen molar-refractivity contribution >= 4 is 23.5 Å². The number of amides is 1. The van der Waals surface area contributed by atoms with Crippen molar-refractivity contribution in [3.63, 3.8) is 0 Å². The highest BCUT2D eigenvalue weighted by molar-refractivity contribution is 6.31. The Kier molecular flexibility index (Phi) is 5.85. The van der Waals surface area contributed by atoms with E-state index in [0.29, 0.717) is 17.3 Å². The van der Waals surface area contributed by atoms with Gasteiger partial charge in [0, 0.05) is 25.7 Å². The van der Waals surface area contributed by atoms with Crippen LogP contribution in [0, 0.1) is 0 Å². The lowest BCUT2D eigenvalue weighted by molar-refractivity contribution is -0.146. The van der Waals surface area contributed by atoms with Crippen molar-refractivity contribution in [2.45, 2.75) is 32.4 Å². The number of nitrogens with zero attached hydrogens (tertiary/aromatic N) is 1. The largest absolute Gasteiger partial charge is 0.479 e. The van der Waals surface area contributed by atoms with E-state index in [1.54, 1.807) is 16.8 Å². The summed E-state index contributed by atoms with van der Waals surface area (Å²) < 4.78 is 1.74. The van der Waals surface area contributed by atoms with E-state index in [1.165, 1.54) is 0 Å². The molecule has 6 nitrogen and oxygen atoms in total. The highest BCUT2D eigenvalue weighted by atomic mass is 35.5. The lowest BCUT2D eigenvalue weighted by Gasteiger charge is -2.09. The summed E-state index contributed by atoms with van der Waals surface area (Å²) in [5.74, 6) is -1.63. The maximum absolute atomic E-state index is 11.9. The molecule has 0 aliphatic heterocycles. The van der Waals surface area contributed by atoms with Crippen LogP contribution in [0.4, 0.5) is 0 Å². The molecule has 0 aliphatic carbocycles. The molecule has 0 radical (unpaired) electrons. The predicted molar refractivity (Wildman–Crippen MR) is 70.3 cm³/mol. The van der Waals surface area contributed by atoms with Crippen LogP contribution in [-0.4, -0.2) is 39.3 Å². The van der Waals surface area contributed by atoms with Gasteiger partial charge in [-0.05, 0) is 12.5 Å². The molecule has 0 spiro atoms. The molecular weight excluding hydrogens is 272 g/mol. The Morgan fingerprint density at radius 3 is 2.79 bits per heavy atom. The topological polar surface area (TPSA) is 91.6 Å². The molecule has 1 atom stereocenters.